The molecule has 1 aliphatic carbocycles. The van der Waals surface area contributed by atoms with Crippen molar-refractivity contribution in [3.05, 3.63) is 48.7 Å². The van der Waals surface area contributed by atoms with Crippen molar-refractivity contribution in [2.45, 2.75) is 25.8 Å². The Labute approximate surface area is 155 Å². The number of H-pyrrole nitrogens is 2. The van der Waals surface area contributed by atoms with E-state index < -0.39 is 0 Å². The molecule has 4 aromatic rings. The lowest BCUT2D eigenvalue weighted by molar-refractivity contribution is 0.102. The molecule has 0 spiro atoms. The Morgan fingerprint density at radius 3 is 2.96 bits per heavy atom. The minimum absolute atomic E-state index is 0.250. The monoisotopic (exact) mass is 361 g/mol. The molecule has 1 aromatic carbocycles. The molecular formula is C19H19N7O. The lowest BCUT2D eigenvalue weighted by Gasteiger charge is -2.24. The average molecular weight is 361 g/mol. The summed E-state index contributed by atoms with van der Waals surface area (Å²) in [6.07, 6.45) is 11.0. The van der Waals surface area contributed by atoms with Crippen molar-refractivity contribution in [2.24, 2.45) is 5.92 Å². The van der Waals surface area contributed by atoms with Gasteiger partial charge >= 0.3 is 0 Å². The molecule has 1 aliphatic rings. The highest BCUT2D eigenvalue weighted by atomic mass is 16.2. The van der Waals surface area contributed by atoms with E-state index >= 15 is 0 Å². The number of hydrogen-bond donors (Lipinski definition) is 3. The van der Waals surface area contributed by atoms with E-state index in [4.69, 9.17) is 0 Å². The van der Waals surface area contributed by atoms with Crippen molar-refractivity contribution in [2.75, 3.05) is 5.32 Å². The summed E-state index contributed by atoms with van der Waals surface area (Å²) < 4.78 is 1.90. The number of amides is 1. The summed E-state index contributed by atoms with van der Waals surface area (Å²) in [4.78, 5) is 12.7. The highest BCUT2D eigenvalue weighted by Gasteiger charge is 2.19. The zero-order valence-electron chi connectivity index (χ0n) is 14.6. The van der Waals surface area contributed by atoms with Crippen LogP contribution in [0.3, 0.4) is 0 Å². The van der Waals surface area contributed by atoms with Crippen LogP contribution >= 0.6 is 0 Å². The number of carbonyl (C=O) groups is 1. The van der Waals surface area contributed by atoms with Crippen molar-refractivity contribution in [1.29, 1.82) is 0 Å². The Balaban J connectivity index is 1.34. The molecule has 5 rings (SSSR count). The van der Waals surface area contributed by atoms with Gasteiger partial charge in [-0.25, -0.2) is 0 Å². The molecule has 3 N–H and O–H groups in total. The van der Waals surface area contributed by atoms with Gasteiger partial charge in [0.1, 0.15) is 0 Å². The van der Waals surface area contributed by atoms with Gasteiger partial charge in [0, 0.05) is 29.9 Å². The summed E-state index contributed by atoms with van der Waals surface area (Å²) in [6, 6.07) is 5.81. The molecule has 8 heteroatoms. The number of aromatic amines is 2. The second-order valence-corrected chi connectivity index (χ2v) is 7.02. The number of fused-ring (bicyclic) bond motifs is 1. The number of rotatable bonds is 5. The summed E-state index contributed by atoms with van der Waals surface area (Å²) in [6.45, 7) is 0.915. The first-order valence-corrected chi connectivity index (χ1v) is 9.07. The SMILES string of the molecule is O=C(Nc1cnn(CC2CCC2)c1)c1n[nH]c2cc(-c3cn[nH]c3)ccc12. The molecule has 0 aliphatic heterocycles. The van der Waals surface area contributed by atoms with Crippen molar-refractivity contribution in [3.8, 4) is 11.1 Å². The molecule has 136 valence electrons. The van der Waals surface area contributed by atoms with E-state index in [-0.39, 0.29) is 5.91 Å². The van der Waals surface area contributed by atoms with Crippen LogP contribution in [0.4, 0.5) is 5.69 Å². The van der Waals surface area contributed by atoms with Gasteiger partial charge in [0.2, 0.25) is 0 Å². The Hall–Kier alpha value is -3.42. The second-order valence-electron chi connectivity index (χ2n) is 7.02. The molecule has 1 amide bonds. The minimum atomic E-state index is -0.250. The predicted octanol–water partition coefficient (Wildman–Crippen LogP) is 3.20. The lowest BCUT2D eigenvalue weighted by Crippen LogP contribution is -2.18. The normalized spacial score (nSPS) is 14.4. The molecule has 3 heterocycles. The van der Waals surface area contributed by atoms with Crippen LogP contribution in [0.5, 0.6) is 0 Å². The number of nitrogens with one attached hydrogen (secondary N) is 3. The van der Waals surface area contributed by atoms with Crippen LogP contribution in [0.25, 0.3) is 22.0 Å². The molecule has 0 atom stereocenters. The van der Waals surface area contributed by atoms with E-state index in [1.165, 1.54) is 19.3 Å². The Bertz CT molecular complexity index is 1090. The van der Waals surface area contributed by atoms with E-state index in [0.717, 1.165) is 28.6 Å². The molecule has 0 bridgehead atoms. The number of benzene rings is 1. The predicted molar refractivity (Wildman–Crippen MR) is 101 cm³/mol. The summed E-state index contributed by atoms with van der Waals surface area (Å²) in [7, 11) is 0. The van der Waals surface area contributed by atoms with Crippen LogP contribution in [0, 0.1) is 5.92 Å². The highest BCUT2D eigenvalue weighted by Crippen LogP contribution is 2.28. The molecule has 0 unspecified atom stereocenters. The van der Waals surface area contributed by atoms with Gasteiger partial charge in [-0.3, -0.25) is 19.7 Å². The molecular weight excluding hydrogens is 342 g/mol. The zero-order chi connectivity index (χ0) is 18.2. The highest BCUT2D eigenvalue weighted by molar-refractivity contribution is 6.11. The fraction of sp³-hybridized carbons (Fsp3) is 0.263. The largest absolute Gasteiger partial charge is 0.318 e. The van der Waals surface area contributed by atoms with E-state index in [1.807, 2.05) is 35.3 Å². The van der Waals surface area contributed by atoms with E-state index in [9.17, 15) is 4.79 Å². The lowest BCUT2D eigenvalue weighted by atomic mass is 9.85. The maximum absolute atomic E-state index is 12.7. The molecule has 1 saturated carbocycles. The fourth-order valence-electron chi connectivity index (χ4n) is 3.44. The van der Waals surface area contributed by atoms with Gasteiger partial charge in [0.25, 0.3) is 5.91 Å². The first-order valence-electron chi connectivity index (χ1n) is 9.07. The molecule has 8 nitrogen and oxygen atoms in total. The van der Waals surface area contributed by atoms with E-state index in [0.29, 0.717) is 17.3 Å². The smallest absolute Gasteiger partial charge is 0.276 e. The maximum Gasteiger partial charge on any atom is 0.276 e. The van der Waals surface area contributed by atoms with Crippen molar-refractivity contribution < 1.29 is 4.79 Å². The van der Waals surface area contributed by atoms with Crippen LogP contribution in [-0.4, -0.2) is 36.1 Å². The number of carbonyl (C=O) groups excluding carboxylic acids is 1. The standard InChI is InChI=1S/C19H19N7O/c27-19(23-15-9-22-26(11-15)10-12-2-1-3-12)18-16-5-4-13(6-17(16)24-25-18)14-7-20-21-8-14/h4-9,11-12H,1-3,10H2,(H,20,21)(H,23,27)(H,24,25). The number of aromatic nitrogens is 6. The number of anilines is 1. The zero-order valence-corrected chi connectivity index (χ0v) is 14.6. The Morgan fingerprint density at radius 2 is 2.19 bits per heavy atom. The summed E-state index contributed by atoms with van der Waals surface area (Å²) >= 11 is 0. The molecule has 1 fully saturated rings. The van der Waals surface area contributed by atoms with Crippen LogP contribution < -0.4 is 5.32 Å². The first-order chi connectivity index (χ1) is 13.3. The summed E-state index contributed by atoms with van der Waals surface area (Å²) in [5.74, 6) is 0.466. The fourth-order valence-corrected chi connectivity index (χ4v) is 3.44. The van der Waals surface area contributed by atoms with Crippen molar-refractivity contribution >= 4 is 22.5 Å². The van der Waals surface area contributed by atoms with Crippen LogP contribution in [0.15, 0.2) is 43.0 Å². The maximum atomic E-state index is 12.7. The Kier molecular flexibility index (Phi) is 3.74. The molecule has 27 heavy (non-hydrogen) atoms. The third kappa shape index (κ3) is 2.99. The number of hydrogen-bond acceptors (Lipinski definition) is 4. The summed E-state index contributed by atoms with van der Waals surface area (Å²) in [5.41, 5.74) is 3.85. The summed E-state index contributed by atoms with van der Waals surface area (Å²) in [5, 5.41) is 21.9. The van der Waals surface area contributed by atoms with Gasteiger partial charge in [0.05, 0.1) is 23.6 Å². The van der Waals surface area contributed by atoms with Crippen LogP contribution in [-0.2, 0) is 6.54 Å². The minimum Gasteiger partial charge on any atom is -0.318 e. The Morgan fingerprint density at radius 1 is 1.26 bits per heavy atom. The van der Waals surface area contributed by atoms with E-state index in [1.54, 1.807) is 12.4 Å². The van der Waals surface area contributed by atoms with Gasteiger partial charge in [0.15, 0.2) is 5.69 Å². The third-order valence-corrected chi connectivity index (χ3v) is 5.17. The second kappa shape index (κ2) is 6.39. The van der Waals surface area contributed by atoms with Crippen molar-refractivity contribution in [3.63, 3.8) is 0 Å². The van der Waals surface area contributed by atoms with Crippen LogP contribution in [0.1, 0.15) is 29.8 Å². The number of nitrogens with zero attached hydrogens (tertiary/aromatic N) is 4. The first kappa shape index (κ1) is 15.8. The quantitative estimate of drug-likeness (QED) is 0.508. The van der Waals surface area contributed by atoms with Crippen molar-refractivity contribution in [1.82, 2.24) is 30.2 Å². The molecule has 0 radical (unpaired) electrons. The third-order valence-electron chi connectivity index (χ3n) is 5.17. The van der Waals surface area contributed by atoms with Gasteiger partial charge in [-0.05, 0) is 36.5 Å². The van der Waals surface area contributed by atoms with Gasteiger partial charge in [-0.15, -0.1) is 0 Å². The van der Waals surface area contributed by atoms with Gasteiger partial charge in [-0.2, -0.15) is 15.3 Å². The molecule has 0 saturated heterocycles. The van der Waals surface area contributed by atoms with Crippen LogP contribution in [0.2, 0.25) is 0 Å². The van der Waals surface area contributed by atoms with E-state index in [2.05, 4.69) is 30.8 Å². The molecule has 3 aromatic heterocycles. The van der Waals surface area contributed by atoms with Gasteiger partial charge < -0.3 is 5.32 Å². The van der Waals surface area contributed by atoms with Gasteiger partial charge in [-0.1, -0.05) is 12.5 Å². The average Bonchev–Trinajstić information content (AvgIpc) is 3.37. The topological polar surface area (TPSA) is 104 Å².